The third-order valence-corrected chi connectivity index (χ3v) is 5.66. The van der Waals surface area contributed by atoms with Gasteiger partial charge in [0.2, 0.25) is 0 Å². The van der Waals surface area contributed by atoms with Gasteiger partial charge in [-0.1, -0.05) is 0 Å². The molecule has 2 aliphatic rings. The van der Waals surface area contributed by atoms with E-state index in [2.05, 4.69) is 12.1 Å². The summed E-state index contributed by atoms with van der Waals surface area (Å²) in [5, 5.41) is 12.8. The van der Waals surface area contributed by atoms with E-state index in [0.29, 0.717) is 0 Å². The van der Waals surface area contributed by atoms with Crippen molar-refractivity contribution in [3.63, 3.8) is 0 Å². The topological polar surface area (TPSA) is 44.5 Å². The van der Waals surface area contributed by atoms with Crippen molar-refractivity contribution in [1.82, 2.24) is 0 Å². The molecule has 0 spiro atoms. The van der Waals surface area contributed by atoms with Crippen LogP contribution in [0, 0.1) is 5.21 Å². The standard InChI is InChI=1S/C14H17NO3Se/c1-14(2)17-12-8-15(16)11(13(12)18-14)9-19-10-6-4-3-5-7-10/h3-8,11-13H,9H2,1-2H3/t11-,12+,13-/m1/s1. The first-order valence-electron chi connectivity index (χ1n) is 6.39. The molecule has 0 bridgehead atoms. The summed E-state index contributed by atoms with van der Waals surface area (Å²) >= 11 is 0.285. The van der Waals surface area contributed by atoms with Crippen molar-refractivity contribution in [3.05, 3.63) is 35.5 Å². The van der Waals surface area contributed by atoms with Gasteiger partial charge in [0.05, 0.1) is 0 Å². The van der Waals surface area contributed by atoms with Crippen molar-refractivity contribution in [2.45, 2.75) is 43.2 Å². The Hall–Kier alpha value is -0.871. The SMILES string of the molecule is CC1(C)O[C@H]2[C@H](C=[N+]([O-])[C@@H]2C[Se]c2ccccc2)O1. The molecular formula is C14H17NO3Se. The fourth-order valence-electron chi connectivity index (χ4n) is 2.50. The minimum atomic E-state index is -0.578. The van der Waals surface area contributed by atoms with Crippen molar-refractivity contribution in [2.75, 3.05) is 0 Å². The Kier molecular flexibility index (Phi) is 3.39. The molecule has 0 radical (unpaired) electrons. The van der Waals surface area contributed by atoms with Crippen LogP contribution >= 0.6 is 0 Å². The summed E-state index contributed by atoms with van der Waals surface area (Å²) < 4.78 is 13.9. The second-order valence-electron chi connectivity index (χ2n) is 5.27. The maximum atomic E-state index is 11.9. The molecule has 2 aliphatic heterocycles. The Balaban J connectivity index is 1.67. The Morgan fingerprint density at radius 3 is 2.74 bits per heavy atom. The van der Waals surface area contributed by atoms with E-state index >= 15 is 0 Å². The Bertz CT molecular complexity index is 489. The number of ether oxygens (including phenoxy) is 2. The molecule has 5 heteroatoms. The van der Waals surface area contributed by atoms with Crippen molar-refractivity contribution in [3.8, 4) is 0 Å². The fraction of sp³-hybridized carbons (Fsp3) is 0.500. The van der Waals surface area contributed by atoms with Gasteiger partial charge >= 0.3 is 119 Å². The van der Waals surface area contributed by atoms with Crippen LogP contribution in [0.4, 0.5) is 0 Å². The maximum absolute atomic E-state index is 11.9. The number of hydrogen-bond donors (Lipinski definition) is 0. The zero-order chi connectivity index (χ0) is 13.5. The van der Waals surface area contributed by atoms with E-state index in [4.69, 9.17) is 9.47 Å². The molecule has 0 unspecified atom stereocenters. The summed E-state index contributed by atoms with van der Waals surface area (Å²) in [5.74, 6) is -0.578. The molecule has 1 fully saturated rings. The number of rotatable bonds is 3. The molecule has 0 aromatic heterocycles. The van der Waals surface area contributed by atoms with Gasteiger partial charge in [0.25, 0.3) is 0 Å². The monoisotopic (exact) mass is 327 g/mol. The van der Waals surface area contributed by atoms with E-state index < -0.39 is 5.79 Å². The molecule has 1 aromatic carbocycles. The molecule has 2 heterocycles. The Morgan fingerprint density at radius 1 is 1.26 bits per heavy atom. The quantitative estimate of drug-likeness (QED) is 0.471. The molecule has 1 saturated heterocycles. The number of hydroxylamine groups is 1. The molecular weight excluding hydrogens is 309 g/mol. The van der Waals surface area contributed by atoms with Crippen molar-refractivity contribution in [1.29, 1.82) is 0 Å². The van der Waals surface area contributed by atoms with Crippen LogP contribution < -0.4 is 4.46 Å². The van der Waals surface area contributed by atoms with Gasteiger partial charge in [-0.25, -0.2) is 0 Å². The second-order valence-corrected chi connectivity index (χ2v) is 7.56. The van der Waals surface area contributed by atoms with Gasteiger partial charge in [0.1, 0.15) is 0 Å². The van der Waals surface area contributed by atoms with Crippen LogP contribution in [0.3, 0.4) is 0 Å². The Morgan fingerprint density at radius 2 is 2.00 bits per heavy atom. The van der Waals surface area contributed by atoms with E-state index in [1.807, 2.05) is 32.0 Å². The Labute approximate surface area is 119 Å². The molecule has 3 atom stereocenters. The zero-order valence-electron chi connectivity index (χ0n) is 11.0. The predicted octanol–water partition coefficient (Wildman–Crippen LogP) is 0.918. The first-order valence-corrected chi connectivity index (χ1v) is 8.46. The zero-order valence-corrected chi connectivity index (χ0v) is 12.7. The molecule has 0 saturated carbocycles. The molecule has 1 aromatic rings. The van der Waals surface area contributed by atoms with Crippen LogP contribution in [0.15, 0.2) is 30.3 Å². The summed E-state index contributed by atoms with van der Waals surface area (Å²) in [6.45, 7) is 3.79. The van der Waals surface area contributed by atoms with Crippen molar-refractivity contribution >= 4 is 25.6 Å². The summed E-state index contributed by atoms with van der Waals surface area (Å²) in [6, 6.07) is 10.2. The fourth-order valence-corrected chi connectivity index (χ4v) is 4.70. The van der Waals surface area contributed by atoms with Crippen molar-refractivity contribution < 1.29 is 14.2 Å². The number of fused-ring (bicyclic) bond motifs is 1. The van der Waals surface area contributed by atoms with E-state index in [1.54, 1.807) is 6.21 Å². The van der Waals surface area contributed by atoms with Crippen LogP contribution in [0.5, 0.6) is 0 Å². The van der Waals surface area contributed by atoms with Gasteiger partial charge in [-0.05, 0) is 0 Å². The van der Waals surface area contributed by atoms with Crippen LogP contribution in [-0.4, -0.2) is 49.9 Å². The normalized spacial score (nSPS) is 32.1. The average molecular weight is 326 g/mol. The molecule has 0 amide bonds. The summed E-state index contributed by atoms with van der Waals surface area (Å²) in [7, 11) is 0. The van der Waals surface area contributed by atoms with Crippen LogP contribution in [0.1, 0.15) is 13.8 Å². The molecule has 0 aliphatic carbocycles. The van der Waals surface area contributed by atoms with Gasteiger partial charge in [-0.15, -0.1) is 0 Å². The minimum absolute atomic E-state index is 0.119. The number of hydrogen-bond acceptors (Lipinski definition) is 3. The van der Waals surface area contributed by atoms with E-state index in [-0.39, 0.29) is 33.2 Å². The molecule has 4 nitrogen and oxygen atoms in total. The second kappa shape index (κ2) is 4.91. The van der Waals surface area contributed by atoms with Gasteiger partial charge in [0.15, 0.2) is 0 Å². The average Bonchev–Trinajstić information content (AvgIpc) is 2.79. The number of nitrogens with zero attached hydrogens (tertiary/aromatic N) is 1. The van der Waals surface area contributed by atoms with Crippen LogP contribution in [0.2, 0.25) is 5.32 Å². The van der Waals surface area contributed by atoms with E-state index in [9.17, 15) is 5.21 Å². The van der Waals surface area contributed by atoms with Crippen LogP contribution in [0.25, 0.3) is 0 Å². The molecule has 3 rings (SSSR count). The molecule has 102 valence electrons. The van der Waals surface area contributed by atoms with Gasteiger partial charge < -0.3 is 0 Å². The number of benzene rings is 1. The summed E-state index contributed by atoms with van der Waals surface area (Å²) in [5.41, 5.74) is 0. The molecule has 0 N–H and O–H groups in total. The molecule has 19 heavy (non-hydrogen) atoms. The first-order chi connectivity index (χ1) is 9.05. The third kappa shape index (κ3) is 2.70. The summed E-state index contributed by atoms with van der Waals surface area (Å²) in [6.07, 6.45) is 1.30. The van der Waals surface area contributed by atoms with E-state index in [1.165, 1.54) is 4.46 Å². The third-order valence-electron chi connectivity index (χ3n) is 3.33. The van der Waals surface area contributed by atoms with Crippen molar-refractivity contribution in [2.24, 2.45) is 0 Å². The van der Waals surface area contributed by atoms with E-state index in [0.717, 1.165) is 10.1 Å². The van der Waals surface area contributed by atoms with Gasteiger partial charge in [-0.2, -0.15) is 0 Å². The van der Waals surface area contributed by atoms with Crippen LogP contribution in [-0.2, 0) is 9.47 Å². The summed E-state index contributed by atoms with van der Waals surface area (Å²) in [4.78, 5) is 0. The van der Waals surface area contributed by atoms with Gasteiger partial charge in [-0.3, -0.25) is 0 Å². The van der Waals surface area contributed by atoms with Gasteiger partial charge in [0, 0.05) is 0 Å². The predicted molar refractivity (Wildman–Crippen MR) is 73.9 cm³/mol. The first kappa shape index (κ1) is 13.1.